The molecule has 0 aromatic heterocycles. The molecule has 1 aromatic rings. The lowest BCUT2D eigenvalue weighted by atomic mass is 10.1. The predicted molar refractivity (Wildman–Crippen MR) is 88.7 cm³/mol. The van der Waals surface area contributed by atoms with Gasteiger partial charge < -0.3 is 14.7 Å². The summed E-state index contributed by atoms with van der Waals surface area (Å²) in [4.78, 5) is 14.0. The highest BCUT2D eigenvalue weighted by atomic mass is 19.1. The lowest BCUT2D eigenvalue weighted by molar-refractivity contribution is 0.00451. The molecule has 1 aromatic carbocycles. The molecule has 23 heavy (non-hydrogen) atoms. The Bertz CT molecular complexity index is 496. The normalized spacial score (nSPS) is 14.2. The minimum atomic E-state index is -0.887. The molecule has 0 aliphatic rings. The standard InChI is InChI=1S/C18H28FNO3/c1-6-7-13(2)20(17(22)23-18(3,4)5)12-16(21)14-8-10-15(19)11-9-14/h8-11,13,16,21H,6-7,12H2,1-5H3/t13-,16+/m1/s1. The fourth-order valence-corrected chi connectivity index (χ4v) is 2.31. The molecule has 0 fully saturated rings. The van der Waals surface area contributed by atoms with Gasteiger partial charge in [-0.1, -0.05) is 25.5 Å². The van der Waals surface area contributed by atoms with E-state index in [1.807, 2.05) is 34.6 Å². The molecule has 0 bridgehead atoms. The number of ether oxygens (including phenoxy) is 1. The number of nitrogens with zero attached hydrogens (tertiary/aromatic N) is 1. The molecule has 130 valence electrons. The van der Waals surface area contributed by atoms with Crippen molar-refractivity contribution >= 4 is 6.09 Å². The van der Waals surface area contributed by atoms with Crippen molar-refractivity contribution in [3.8, 4) is 0 Å². The van der Waals surface area contributed by atoms with E-state index in [1.165, 1.54) is 24.3 Å². The zero-order valence-corrected chi connectivity index (χ0v) is 14.7. The fraction of sp³-hybridized carbons (Fsp3) is 0.611. The second-order valence-electron chi connectivity index (χ2n) is 6.84. The maximum Gasteiger partial charge on any atom is 0.410 e. The Morgan fingerprint density at radius 2 is 1.87 bits per heavy atom. The van der Waals surface area contributed by atoms with Gasteiger partial charge in [-0.25, -0.2) is 9.18 Å². The second-order valence-corrected chi connectivity index (χ2v) is 6.84. The van der Waals surface area contributed by atoms with Crippen LogP contribution in [0.25, 0.3) is 0 Å². The van der Waals surface area contributed by atoms with Crippen molar-refractivity contribution in [3.63, 3.8) is 0 Å². The number of carbonyl (C=O) groups is 1. The van der Waals surface area contributed by atoms with Gasteiger partial charge in [-0.05, 0) is 51.8 Å². The number of aliphatic hydroxyl groups excluding tert-OH is 1. The zero-order valence-electron chi connectivity index (χ0n) is 14.7. The zero-order chi connectivity index (χ0) is 17.6. The number of rotatable bonds is 6. The Morgan fingerprint density at radius 3 is 2.35 bits per heavy atom. The molecule has 0 radical (unpaired) electrons. The molecule has 2 atom stereocenters. The van der Waals surface area contributed by atoms with E-state index in [0.29, 0.717) is 5.56 Å². The van der Waals surface area contributed by atoms with Crippen molar-refractivity contribution in [1.29, 1.82) is 0 Å². The SMILES string of the molecule is CCC[C@@H](C)N(C[C@H](O)c1ccc(F)cc1)C(=O)OC(C)(C)C. The first kappa shape index (κ1) is 19.4. The van der Waals surface area contributed by atoms with Crippen molar-refractivity contribution in [3.05, 3.63) is 35.6 Å². The summed E-state index contributed by atoms with van der Waals surface area (Å²) in [5.41, 5.74) is -0.0223. The highest BCUT2D eigenvalue weighted by Crippen LogP contribution is 2.20. The minimum absolute atomic E-state index is 0.0510. The summed E-state index contributed by atoms with van der Waals surface area (Å²) >= 11 is 0. The molecule has 1 rings (SSSR count). The molecule has 4 nitrogen and oxygen atoms in total. The molecule has 1 amide bonds. The minimum Gasteiger partial charge on any atom is -0.444 e. The Balaban J connectivity index is 2.87. The summed E-state index contributed by atoms with van der Waals surface area (Å²) in [6.07, 6.45) is 0.407. The molecule has 0 aliphatic carbocycles. The van der Waals surface area contributed by atoms with Crippen LogP contribution in [0.4, 0.5) is 9.18 Å². The van der Waals surface area contributed by atoms with Gasteiger partial charge in [-0.2, -0.15) is 0 Å². The first-order valence-corrected chi connectivity index (χ1v) is 8.07. The third-order valence-corrected chi connectivity index (χ3v) is 3.49. The quantitative estimate of drug-likeness (QED) is 0.849. The number of amides is 1. The number of carbonyl (C=O) groups excluding carboxylic acids is 1. The average molecular weight is 325 g/mol. The number of benzene rings is 1. The van der Waals surface area contributed by atoms with Crippen LogP contribution < -0.4 is 0 Å². The van der Waals surface area contributed by atoms with Crippen LogP contribution in [-0.4, -0.2) is 34.3 Å². The molecule has 5 heteroatoms. The van der Waals surface area contributed by atoms with Gasteiger partial charge in [-0.15, -0.1) is 0 Å². The number of hydrogen-bond acceptors (Lipinski definition) is 3. The number of aliphatic hydroxyl groups is 1. The Hall–Kier alpha value is -1.62. The average Bonchev–Trinajstić information content (AvgIpc) is 2.43. The Labute approximate surface area is 138 Å². The Morgan fingerprint density at radius 1 is 1.30 bits per heavy atom. The summed E-state index contributed by atoms with van der Waals surface area (Å²) in [6.45, 7) is 9.52. The monoisotopic (exact) mass is 325 g/mol. The van der Waals surface area contributed by atoms with Crippen LogP contribution in [0.15, 0.2) is 24.3 Å². The van der Waals surface area contributed by atoms with Gasteiger partial charge in [0.2, 0.25) is 0 Å². The molecule has 0 saturated carbocycles. The fourth-order valence-electron chi connectivity index (χ4n) is 2.31. The summed E-state index contributed by atoms with van der Waals surface area (Å²) in [5, 5.41) is 10.4. The maximum absolute atomic E-state index is 13.0. The summed E-state index contributed by atoms with van der Waals surface area (Å²) in [6, 6.07) is 5.60. The first-order valence-electron chi connectivity index (χ1n) is 8.07. The van der Waals surface area contributed by atoms with Crippen LogP contribution in [0.3, 0.4) is 0 Å². The van der Waals surface area contributed by atoms with E-state index >= 15 is 0 Å². The topological polar surface area (TPSA) is 49.8 Å². The smallest absolute Gasteiger partial charge is 0.410 e. The maximum atomic E-state index is 13.0. The van der Waals surface area contributed by atoms with E-state index < -0.39 is 17.8 Å². The van der Waals surface area contributed by atoms with Gasteiger partial charge in [-0.3, -0.25) is 0 Å². The van der Waals surface area contributed by atoms with Crippen molar-refractivity contribution in [2.75, 3.05) is 6.54 Å². The number of halogens is 1. The van der Waals surface area contributed by atoms with Crippen LogP contribution in [0.2, 0.25) is 0 Å². The molecule has 0 aliphatic heterocycles. The third-order valence-electron chi connectivity index (χ3n) is 3.49. The van der Waals surface area contributed by atoms with Gasteiger partial charge in [0.05, 0.1) is 12.6 Å². The van der Waals surface area contributed by atoms with Crippen LogP contribution in [-0.2, 0) is 4.74 Å². The molecule has 0 heterocycles. The molecule has 0 saturated heterocycles. The largest absolute Gasteiger partial charge is 0.444 e. The van der Waals surface area contributed by atoms with E-state index in [0.717, 1.165) is 12.8 Å². The van der Waals surface area contributed by atoms with E-state index in [2.05, 4.69) is 0 Å². The second kappa shape index (κ2) is 8.29. The first-order chi connectivity index (χ1) is 10.6. The van der Waals surface area contributed by atoms with Crippen molar-refractivity contribution in [2.24, 2.45) is 0 Å². The predicted octanol–water partition coefficient (Wildman–Crippen LogP) is 4.28. The molecular formula is C18H28FNO3. The number of hydrogen-bond donors (Lipinski definition) is 1. The molecule has 1 N–H and O–H groups in total. The highest BCUT2D eigenvalue weighted by Gasteiger charge is 2.27. The van der Waals surface area contributed by atoms with Gasteiger partial charge in [0.25, 0.3) is 0 Å². The van der Waals surface area contributed by atoms with Crippen LogP contribution in [0.1, 0.15) is 59.1 Å². The van der Waals surface area contributed by atoms with Crippen molar-refractivity contribution in [1.82, 2.24) is 4.90 Å². The van der Waals surface area contributed by atoms with Crippen molar-refractivity contribution < 1.29 is 19.0 Å². The third kappa shape index (κ3) is 6.57. The van der Waals surface area contributed by atoms with E-state index in [-0.39, 0.29) is 18.4 Å². The van der Waals surface area contributed by atoms with Gasteiger partial charge in [0.1, 0.15) is 11.4 Å². The van der Waals surface area contributed by atoms with Gasteiger partial charge in [0.15, 0.2) is 0 Å². The van der Waals surface area contributed by atoms with Gasteiger partial charge >= 0.3 is 6.09 Å². The highest BCUT2D eigenvalue weighted by molar-refractivity contribution is 5.68. The lowest BCUT2D eigenvalue weighted by Crippen LogP contribution is -2.44. The summed E-state index contributed by atoms with van der Waals surface area (Å²) < 4.78 is 18.4. The van der Waals surface area contributed by atoms with Crippen LogP contribution in [0, 0.1) is 5.82 Å². The van der Waals surface area contributed by atoms with E-state index in [4.69, 9.17) is 4.74 Å². The molecule has 0 spiro atoms. The summed E-state index contributed by atoms with van der Waals surface area (Å²) in [7, 11) is 0. The summed E-state index contributed by atoms with van der Waals surface area (Å²) in [5.74, 6) is -0.357. The Kier molecular flexibility index (Phi) is 7.01. The van der Waals surface area contributed by atoms with E-state index in [1.54, 1.807) is 4.90 Å². The van der Waals surface area contributed by atoms with Crippen LogP contribution >= 0.6 is 0 Å². The van der Waals surface area contributed by atoms with Crippen molar-refractivity contribution in [2.45, 2.75) is 65.2 Å². The van der Waals surface area contributed by atoms with Gasteiger partial charge in [0, 0.05) is 6.04 Å². The van der Waals surface area contributed by atoms with Crippen LogP contribution in [0.5, 0.6) is 0 Å². The molecular weight excluding hydrogens is 297 g/mol. The van der Waals surface area contributed by atoms with E-state index in [9.17, 15) is 14.3 Å². The lowest BCUT2D eigenvalue weighted by Gasteiger charge is -2.33. The molecule has 0 unspecified atom stereocenters.